The van der Waals surface area contributed by atoms with Crippen molar-refractivity contribution >= 4 is 26.5 Å². The maximum Gasteiger partial charge on any atom is 0.238 e. The van der Waals surface area contributed by atoms with Crippen LogP contribution < -0.4 is 4.72 Å². The molecule has 1 aromatic heterocycles. The average Bonchev–Trinajstić information content (AvgIpc) is 2.95. The van der Waals surface area contributed by atoms with Crippen molar-refractivity contribution in [1.29, 1.82) is 0 Å². The Kier molecular flexibility index (Phi) is 4.68. The van der Waals surface area contributed by atoms with Gasteiger partial charge in [0.05, 0.1) is 5.75 Å². The molecule has 3 rings (SSSR count). The zero-order valence-electron chi connectivity index (χ0n) is 12.2. The van der Waals surface area contributed by atoms with E-state index in [-0.39, 0.29) is 5.75 Å². The predicted octanol–water partition coefficient (Wildman–Crippen LogP) is 3.07. The van der Waals surface area contributed by atoms with Gasteiger partial charge in [0.1, 0.15) is 5.01 Å². The molecule has 0 atom stereocenters. The SMILES string of the molecule is O=S(=O)(Cc1ccccc1)Nc1nnc(Cc2ccccc2)s1. The molecule has 1 heterocycles. The first-order valence-corrected chi connectivity index (χ1v) is 9.48. The van der Waals surface area contributed by atoms with Gasteiger partial charge in [-0.3, -0.25) is 4.72 Å². The largest absolute Gasteiger partial charge is 0.257 e. The third-order valence-corrected chi connectivity index (χ3v) is 5.29. The molecule has 0 saturated heterocycles. The number of nitrogens with one attached hydrogen (secondary N) is 1. The van der Waals surface area contributed by atoms with E-state index < -0.39 is 10.0 Å². The van der Waals surface area contributed by atoms with Gasteiger partial charge in [0.2, 0.25) is 15.2 Å². The van der Waals surface area contributed by atoms with Crippen molar-refractivity contribution in [2.45, 2.75) is 12.2 Å². The van der Waals surface area contributed by atoms with Gasteiger partial charge in [0.25, 0.3) is 0 Å². The van der Waals surface area contributed by atoms with Crippen molar-refractivity contribution in [3.05, 3.63) is 76.8 Å². The highest BCUT2D eigenvalue weighted by Gasteiger charge is 2.15. The molecular weight excluding hydrogens is 330 g/mol. The van der Waals surface area contributed by atoms with Crippen molar-refractivity contribution in [3.8, 4) is 0 Å². The Morgan fingerprint density at radius 2 is 1.48 bits per heavy atom. The number of rotatable bonds is 6. The van der Waals surface area contributed by atoms with E-state index in [1.54, 1.807) is 12.1 Å². The molecular formula is C16H15N3O2S2. The van der Waals surface area contributed by atoms with Gasteiger partial charge in [0, 0.05) is 6.42 Å². The van der Waals surface area contributed by atoms with Crippen LogP contribution in [0.15, 0.2) is 60.7 Å². The Balaban J connectivity index is 1.66. The molecule has 0 aliphatic carbocycles. The van der Waals surface area contributed by atoms with Crippen LogP contribution in [-0.4, -0.2) is 18.6 Å². The Morgan fingerprint density at radius 1 is 0.870 bits per heavy atom. The van der Waals surface area contributed by atoms with E-state index in [2.05, 4.69) is 14.9 Å². The molecule has 7 heteroatoms. The normalized spacial score (nSPS) is 11.3. The molecule has 0 spiro atoms. The van der Waals surface area contributed by atoms with Crippen molar-refractivity contribution in [1.82, 2.24) is 10.2 Å². The molecule has 0 bridgehead atoms. The lowest BCUT2D eigenvalue weighted by Gasteiger charge is -2.04. The van der Waals surface area contributed by atoms with Crippen LogP contribution in [0.4, 0.5) is 5.13 Å². The summed E-state index contributed by atoms with van der Waals surface area (Å²) in [5, 5.41) is 9.03. The van der Waals surface area contributed by atoms with Gasteiger partial charge in [-0.05, 0) is 11.1 Å². The summed E-state index contributed by atoms with van der Waals surface area (Å²) in [6, 6.07) is 18.9. The second-order valence-electron chi connectivity index (χ2n) is 5.01. The van der Waals surface area contributed by atoms with Crippen LogP contribution in [0, 0.1) is 0 Å². The summed E-state index contributed by atoms with van der Waals surface area (Å²) in [4.78, 5) is 0. The fraction of sp³-hybridized carbons (Fsp3) is 0.125. The van der Waals surface area contributed by atoms with E-state index in [0.717, 1.165) is 16.1 Å². The minimum Gasteiger partial charge on any atom is -0.257 e. The summed E-state index contributed by atoms with van der Waals surface area (Å²) in [5.74, 6) is -0.0819. The van der Waals surface area contributed by atoms with Crippen LogP contribution in [-0.2, 0) is 22.2 Å². The fourth-order valence-electron chi connectivity index (χ4n) is 2.10. The lowest BCUT2D eigenvalue weighted by atomic mass is 10.2. The van der Waals surface area contributed by atoms with Gasteiger partial charge in [-0.15, -0.1) is 10.2 Å². The van der Waals surface area contributed by atoms with Crippen LogP contribution in [0.25, 0.3) is 0 Å². The minimum absolute atomic E-state index is 0.0819. The average molecular weight is 345 g/mol. The van der Waals surface area contributed by atoms with E-state index in [1.165, 1.54) is 11.3 Å². The van der Waals surface area contributed by atoms with Gasteiger partial charge in [-0.25, -0.2) is 8.42 Å². The molecule has 0 aliphatic heterocycles. The second-order valence-corrected chi connectivity index (χ2v) is 7.79. The Bertz CT molecular complexity index is 863. The monoisotopic (exact) mass is 345 g/mol. The minimum atomic E-state index is -3.49. The Hall–Kier alpha value is -2.25. The maximum absolute atomic E-state index is 12.2. The summed E-state index contributed by atoms with van der Waals surface area (Å²) in [7, 11) is -3.49. The first-order chi connectivity index (χ1) is 11.1. The van der Waals surface area contributed by atoms with Gasteiger partial charge in [-0.1, -0.05) is 72.0 Å². The van der Waals surface area contributed by atoms with Crippen LogP contribution in [0.3, 0.4) is 0 Å². The summed E-state index contributed by atoms with van der Waals surface area (Å²) < 4.78 is 26.8. The van der Waals surface area contributed by atoms with E-state index in [1.807, 2.05) is 48.5 Å². The second kappa shape index (κ2) is 6.89. The molecule has 1 N–H and O–H groups in total. The van der Waals surface area contributed by atoms with E-state index in [0.29, 0.717) is 11.6 Å². The lowest BCUT2D eigenvalue weighted by Crippen LogP contribution is -2.14. The quantitative estimate of drug-likeness (QED) is 0.745. The predicted molar refractivity (Wildman–Crippen MR) is 91.8 cm³/mol. The smallest absolute Gasteiger partial charge is 0.238 e. The Labute approximate surface area is 139 Å². The van der Waals surface area contributed by atoms with E-state index in [9.17, 15) is 8.42 Å². The standard InChI is InChI=1S/C16H15N3O2S2/c20-23(21,12-14-9-5-2-6-10-14)19-16-18-17-15(22-16)11-13-7-3-1-4-8-13/h1-10H,11-12H2,(H,18,19). The van der Waals surface area contributed by atoms with Crippen molar-refractivity contribution < 1.29 is 8.42 Å². The third kappa shape index (κ3) is 4.61. The molecule has 5 nitrogen and oxygen atoms in total. The van der Waals surface area contributed by atoms with E-state index >= 15 is 0 Å². The lowest BCUT2D eigenvalue weighted by molar-refractivity contribution is 0.600. The third-order valence-electron chi connectivity index (χ3n) is 3.11. The maximum atomic E-state index is 12.2. The summed E-state index contributed by atoms with van der Waals surface area (Å²) in [6.07, 6.45) is 0.638. The zero-order chi connectivity index (χ0) is 16.1. The van der Waals surface area contributed by atoms with Crippen LogP contribution in [0.1, 0.15) is 16.1 Å². The first kappa shape index (κ1) is 15.6. The first-order valence-electron chi connectivity index (χ1n) is 7.01. The van der Waals surface area contributed by atoms with Crippen LogP contribution >= 0.6 is 11.3 Å². The number of hydrogen-bond acceptors (Lipinski definition) is 5. The summed E-state index contributed by atoms with van der Waals surface area (Å²) in [6.45, 7) is 0. The molecule has 3 aromatic rings. The zero-order valence-corrected chi connectivity index (χ0v) is 13.8. The molecule has 0 fully saturated rings. The highest BCUT2D eigenvalue weighted by Crippen LogP contribution is 2.20. The molecule has 0 unspecified atom stereocenters. The van der Waals surface area contributed by atoms with Crippen LogP contribution in [0.5, 0.6) is 0 Å². The molecule has 118 valence electrons. The number of anilines is 1. The molecule has 0 aliphatic rings. The van der Waals surface area contributed by atoms with Crippen molar-refractivity contribution in [2.75, 3.05) is 4.72 Å². The fourth-order valence-corrected chi connectivity index (χ4v) is 4.28. The number of nitrogens with zero attached hydrogens (tertiary/aromatic N) is 2. The van der Waals surface area contributed by atoms with Crippen molar-refractivity contribution in [2.24, 2.45) is 0 Å². The molecule has 0 radical (unpaired) electrons. The highest BCUT2D eigenvalue weighted by atomic mass is 32.2. The summed E-state index contributed by atoms with van der Waals surface area (Å²) in [5.41, 5.74) is 1.84. The molecule has 0 amide bonds. The van der Waals surface area contributed by atoms with Gasteiger partial charge in [-0.2, -0.15) is 0 Å². The van der Waals surface area contributed by atoms with Gasteiger partial charge < -0.3 is 0 Å². The Morgan fingerprint density at radius 3 is 2.13 bits per heavy atom. The van der Waals surface area contributed by atoms with Crippen molar-refractivity contribution in [3.63, 3.8) is 0 Å². The highest BCUT2D eigenvalue weighted by molar-refractivity contribution is 7.92. The molecule has 0 saturated carbocycles. The number of aromatic nitrogens is 2. The van der Waals surface area contributed by atoms with Crippen LogP contribution in [0.2, 0.25) is 0 Å². The molecule has 23 heavy (non-hydrogen) atoms. The van der Waals surface area contributed by atoms with Gasteiger partial charge >= 0.3 is 0 Å². The number of benzene rings is 2. The van der Waals surface area contributed by atoms with E-state index in [4.69, 9.17) is 0 Å². The molecule has 2 aromatic carbocycles. The summed E-state index contributed by atoms with van der Waals surface area (Å²) >= 11 is 1.25. The number of sulfonamides is 1. The topological polar surface area (TPSA) is 72.0 Å². The van der Waals surface area contributed by atoms with Gasteiger partial charge in [0.15, 0.2) is 0 Å². The number of hydrogen-bond donors (Lipinski definition) is 1.